The number of unbranched alkanes of at least 4 members (excludes halogenated alkanes) is 1. The molecule has 1 aliphatic rings. The second kappa shape index (κ2) is 9.85. The number of carbonyl (C=O) groups excluding carboxylic acids is 1. The zero-order valence-electron chi connectivity index (χ0n) is 18.2. The van der Waals surface area contributed by atoms with Crippen LogP contribution in [0, 0.1) is 0 Å². The molecule has 1 N–H and O–H groups in total. The first-order valence-corrected chi connectivity index (χ1v) is 12.6. The van der Waals surface area contributed by atoms with Crippen molar-refractivity contribution in [3.8, 4) is 5.75 Å². The van der Waals surface area contributed by atoms with Crippen LogP contribution in [0.3, 0.4) is 0 Å². The molecule has 4 rings (SSSR count). The zero-order valence-corrected chi connectivity index (χ0v) is 19.8. The van der Waals surface area contributed by atoms with E-state index in [0.29, 0.717) is 22.1 Å². The molecule has 3 aromatic rings. The average Bonchev–Trinajstić information content (AvgIpc) is 2.83. The third kappa shape index (κ3) is 5.15. The van der Waals surface area contributed by atoms with Crippen LogP contribution in [0.1, 0.15) is 25.3 Å². The van der Waals surface area contributed by atoms with E-state index in [-0.39, 0.29) is 11.4 Å². The van der Waals surface area contributed by atoms with Gasteiger partial charge in [-0.15, -0.1) is 0 Å². The summed E-state index contributed by atoms with van der Waals surface area (Å²) < 4.78 is 33.9. The van der Waals surface area contributed by atoms with Crippen LogP contribution in [0.15, 0.2) is 77.7 Å². The highest BCUT2D eigenvalue weighted by molar-refractivity contribution is 7.92. The number of hydrogen-bond donors (Lipinski definition) is 1. The average molecular weight is 485 g/mol. The van der Waals surface area contributed by atoms with E-state index >= 15 is 0 Å². The number of nitrogens with zero attached hydrogens (tertiary/aromatic N) is 1. The first-order chi connectivity index (χ1) is 15.9. The Kier molecular flexibility index (Phi) is 6.91. The molecule has 8 heteroatoms. The number of benzene rings is 3. The van der Waals surface area contributed by atoms with Gasteiger partial charge in [0.1, 0.15) is 5.75 Å². The molecular weight excluding hydrogens is 460 g/mol. The van der Waals surface area contributed by atoms with E-state index in [1.807, 2.05) is 24.3 Å². The molecule has 6 nitrogen and oxygen atoms in total. The Labute approximate surface area is 199 Å². The zero-order chi connectivity index (χ0) is 23.4. The maximum atomic E-state index is 13.4. The van der Waals surface area contributed by atoms with Crippen molar-refractivity contribution in [2.45, 2.75) is 37.2 Å². The number of ether oxygens (including phenoxy) is 1. The fraction of sp³-hybridized carbons (Fsp3) is 0.240. The lowest BCUT2D eigenvalue weighted by molar-refractivity contribution is -0.122. The summed E-state index contributed by atoms with van der Waals surface area (Å²) in [5, 5.41) is 3.28. The Morgan fingerprint density at radius 1 is 1.06 bits per heavy atom. The van der Waals surface area contributed by atoms with Gasteiger partial charge in [-0.25, -0.2) is 8.42 Å². The molecule has 0 spiro atoms. The van der Waals surface area contributed by atoms with Crippen molar-refractivity contribution in [1.29, 1.82) is 0 Å². The summed E-state index contributed by atoms with van der Waals surface area (Å²) in [6.45, 7) is 2.00. The molecular formula is C25H25ClN2O4S. The summed E-state index contributed by atoms with van der Waals surface area (Å²) in [5.41, 5.74) is 2.23. The van der Waals surface area contributed by atoms with Crippen LogP contribution in [0.25, 0.3) is 0 Å². The van der Waals surface area contributed by atoms with Crippen molar-refractivity contribution < 1.29 is 17.9 Å². The molecule has 0 aliphatic carbocycles. The van der Waals surface area contributed by atoms with Gasteiger partial charge in [-0.05, 0) is 66.9 Å². The van der Waals surface area contributed by atoms with Crippen LogP contribution >= 0.6 is 11.6 Å². The van der Waals surface area contributed by atoms with Crippen molar-refractivity contribution in [3.63, 3.8) is 0 Å². The summed E-state index contributed by atoms with van der Waals surface area (Å²) in [6, 6.07) is 20.4. The molecule has 1 atom stereocenters. The number of rotatable bonds is 7. The van der Waals surface area contributed by atoms with E-state index in [2.05, 4.69) is 12.2 Å². The minimum absolute atomic E-state index is 0.0884. The maximum Gasteiger partial charge on any atom is 0.267 e. The summed E-state index contributed by atoms with van der Waals surface area (Å²) in [6.07, 6.45) is 2.21. The summed E-state index contributed by atoms with van der Waals surface area (Å²) in [7, 11) is -3.93. The van der Waals surface area contributed by atoms with Gasteiger partial charge in [-0.3, -0.25) is 9.10 Å². The second-order valence-electron chi connectivity index (χ2n) is 7.85. The monoisotopic (exact) mass is 484 g/mol. The predicted molar refractivity (Wildman–Crippen MR) is 131 cm³/mol. The van der Waals surface area contributed by atoms with Crippen molar-refractivity contribution in [1.82, 2.24) is 0 Å². The van der Waals surface area contributed by atoms with E-state index in [1.165, 1.54) is 34.1 Å². The van der Waals surface area contributed by atoms with Gasteiger partial charge in [0, 0.05) is 10.7 Å². The standard InChI is InChI=1S/C25H25ClN2O4S/c1-2-3-6-18-9-13-20(14-10-18)27-25(29)24-17-28(22-7-4-5-8-23(22)32-24)33(30,31)21-15-11-19(26)12-16-21/h4-5,7-16,24H,2-3,6,17H2,1H3,(H,27,29). The van der Waals surface area contributed by atoms with Crippen molar-refractivity contribution in [3.05, 3.63) is 83.4 Å². The molecule has 0 fully saturated rings. The van der Waals surface area contributed by atoms with Gasteiger partial charge in [0.25, 0.3) is 15.9 Å². The molecule has 33 heavy (non-hydrogen) atoms. The molecule has 1 unspecified atom stereocenters. The number of sulfonamides is 1. The van der Waals surface area contributed by atoms with Crippen LogP contribution in [0.5, 0.6) is 5.75 Å². The van der Waals surface area contributed by atoms with Crippen LogP contribution < -0.4 is 14.4 Å². The fourth-order valence-electron chi connectivity index (χ4n) is 3.66. The first kappa shape index (κ1) is 23.1. The van der Waals surface area contributed by atoms with Crippen LogP contribution in [0.4, 0.5) is 11.4 Å². The molecule has 0 saturated carbocycles. The number of amides is 1. The van der Waals surface area contributed by atoms with E-state index in [0.717, 1.165) is 19.3 Å². The largest absolute Gasteiger partial charge is 0.476 e. The van der Waals surface area contributed by atoms with Gasteiger partial charge in [-0.2, -0.15) is 0 Å². The van der Waals surface area contributed by atoms with Gasteiger partial charge in [0.2, 0.25) is 0 Å². The molecule has 1 heterocycles. The molecule has 172 valence electrons. The van der Waals surface area contributed by atoms with Gasteiger partial charge in [0.05, 0.1) is 17.1 Å². The Bertz CT molecular complexity index is 1230. The van der Waals surface area contributed by atoms with Crippen LogP contribution in [-0.2, 0) is 21.2 Å². The quantitative estimate of drug-likeness (QED) is 0.495. The fourth-order valence-corrected chi connectivity index (χ4v) is 5.26. The Morgan fingerprint density at radius 3 is 2.45 bits per heavy atom. The topological polar surface area (TPSA) is 75.7 Å². The van der Waals surface area contributed by atoms with E-state index in [4.69, 9.17) is 16.3 Å². The molecule has 0 aromatic heterocycles. The molecule has 0 radical (unpaired) electrons. The van der Waals surface area contributed by atoms with E-state index < -0.39 is 22.0 Å². The lowest BCUT2D eigenvalue weighted by Crippen LogP contribution is -2.48. The van der Waals surface area contributed by atoms with Crippen molar-refractivity contribution in [2.24, 2.45) is 0 Å². The second-order valence-corrected chi connectivity index (χ2v) is 10.2. The van der Waals surface area contributed by atoms with Gasteiger partial charge >= 0.3 is 0 Å². The third-order valence-corrected chi connectivity index (χ3v) is 7.52. The Hall–Kier alpha value is -3.03. The van der Waals surface area contributed by atoms with Crippen LogP contribution in [-0.4, -0.2) is 27.0 Å². The molecule has 0 bridgehead atoms. The van der Waals surface area contributed by atoms with E-state index in [1.54, 1.807) is 24.3 Å². The molecule has 1 amide bonds. The highest BCUT2D eigenvalue weighted by Crippen LogP contribution is 2.37. The number of carbonyl (C=O) groups is 1. The normalized spacial score (nSPS) is 15.5. The minimum Gasteiger partial charge on any atom is -0.476 e. The van der Waals surface area contributed by atoms with Gasteiger partial charge in [0.15, 0.2) is 6.10 Å². The number of para-hydroxylation sites is 2. The Morgan fingerprint density at radius 2 is 1.76 bits per heavy atom. The predicted octanol–water partition coefficient (Wildman–Crippen LogP) is 5.28. The number of fused-ring (bicyclic) bond motifs is 1. The minimum atomic E-state index is -3.93. The lowest BCUT2D eigenvalue weighted by Gasteiger charge is -2.34. The van der Waals surface area contributed by atoms with Crippen molar-refractivity contribution in [2.75, 3.05) is 16.2 Å². The SMILES string of the molecule is CCCCc1ccc(NC(=O)C2CN(S(=O)(=O)c3ccc(Cl)cc3)c3ccccc3O2)cc1. The summed E-state index contributed by atoms with van der Waals surface area (Å²) in [5.74, 6) is -0.0848. The number of aryl methyl sites for hydroxylation is 1. The van der Waals surface area contributed by atoms with Crippen LogP contribution in [0.2, 0.25) is 5.02 Å². The van der Waals surface area contributed by atoms with Gasteiger partial charge in [-0.1, -0.05) is 49.2 Å². The number of hydrogen-bond acceptors (Lipinski definition) is 4. The maximum absolute atomic E-state index is 13.4. The number of anilines is 2. The van der Waals surface area contributed by atoms with E-state index in [9.17, 15) is 13.2 Å². The summed E-state index contributed by atoms with van der Waals surface area (Å²) >= 11 is 5.92. The van der Waals surface area contributed by atoms with Crippen molar-refractivity contribution >= 4 is 38.9 Å². The number of nitrogens with one attached hydrogen (secondary N) is 1. The third-order valence-electron chi connectivity index (χ3n) is 5.47. The van der Waals surface area contributed by atoms with Gasteiger partial charge < -0.3 is 10.1 Å². The first-order valence-electron chi connectivity index (χ1n) is 10.8. The summed E-state index contributed by atoms with van der Waals surface area (Å²) in [4.78, 5) is 13.1. The highest BCUT2D eigenvalue weighted by atomic mass is 35.5. The smallest absolute Gasteiger partial charge is 0.267 e. The molecule has 1 aliphatic heterocycles. The Balaban J connectivity index is 1.57. The molecule has 3 aromatic carbocycles. The highest BCUT2D eigenvalue weighted by Gasteiger charge is 2.37. The molecule has 0 saturated heterocycles. The number of halogens is 1. The lowest BCUT2D eigenvalue weighted by atomic mass is 10.1.